The zero-order valence-electron chi connectivity index (χ0n) is 29.7. The summed E-state index contributed by atoms with van der Waals surface area (Å²) in [7, 11) is 3.30. The summed E-state index contributed by atoms with van der Waals surface area (Å²) in [5.41, 5.74) is 13.7. The largest absolute Gasteiger partial charge is 0.496 e. The molecule has 0 aliphatic carbocycles. The number of nitrogens with zero attached hydrogens (tertiary/aromatic N) is 3. The van der Waals surface area contributed by atoms with E-state index in [9.17, 15) is 4.79 Å². The summed E-state index contributed by atoms with van der Waals surface area (Å²) in [4.78, 5) is 23.9. The van der Waals surface area contributed by atoms with Crippen LogP contribution in [0.1, 0.15) is 65.5 Å². The number of thiazole rings is 2. The highest BCUT2D eigenvalue weighted by Crippen LogP contribution is 2.31. The van der Waals surface area contributed by atoms with Crippen LogP contribution in [0.2, 0.25) is 0 Å². The molecule has 0 radical (unpaired) electrons. The van der Waals surface area contributed by atoms with Crippen LogP contribution in [0.3, 0.4) is 0 Å². The van der Waals surface area contributed by atoms with Gasteiger partial charge in [0.15, 0.2) is 11.3 Å². The van der Waals surface area contributed by atoms with Gasteiger partial charge in [0.1, 0.15) is 16.5 Å². The number of nitrogen functional groups attached to an aromatic ring is 1. The van der Waals surface area contributed by atoms with E-state index in [2.05, 4.69) is 65.2 Å². The molecule has 51 heavy (non-hydrogen) atoms. The van der Waals surface area contributed by atoms with Crippen molar-refractivity contribution in [1.29, 1.82) is 0 Å². The molecule has 6 aromatic rings. The van der Waals surface area contributed by atoms with E-state index in [-0.39, 0.29) is 0 Å². The summed E-state index contributed by atoms with van der Waals surface area (Å²) in [6.07, 6.45) is 9.86. The van der Waals surface area contributed by atoms with Crippen molar-refractivity contribution < 1.29 is 14.3 Å². The standard InChI is InChI=1S/C21H22N2OS.C11H9NO2S.C10H15N/c1-3-4-7-16-10-12-17(13-11-16)22-14-21-23-19(15-25-21)18-8-5-6-9-20(18)24-2;1-14-10-5-3-2-4-8(10)9-7-15-11(6-13)12-9;1-2-3-4-9-5-7-10(11)8-6-9/h5-6,8-15H,3-4,7H2,1-2H3;2-7H,1H3;5-8H,2-4,11H2,1H3. The van der Waals surface area contributed by atoms with Gasteiger partial charge in [-0.15, -0.1) is 22.7 Å². The number of methoxy groups -OCH3 is 2. The number of ether oxygens (including phenoxy) is 2. The molecule has 6 rings (SSSR count). The number of aldehydes is 1. The Hall–Kier alpha value is -5.12. The summed E-state index contributed by atoms with van der Waals surface area (Å²) in [6, 6.07) is 32.1. The zero-order chi connectivity index (χ0) is 36.3. The van der Waals surface area contributed by atoms with Crippen molar-refractivity contribution in [2.75, 3.05) is 20.0 Å². The minimum Gasteiger partial charge on any atom is -0.496 e. The van der Waals surface area contributed by atoms with Gasteiger partial charge >= 0.3 is 0 Å². The molecular formula is C42H46N4O3S2. The first-order valence-electron chi connectivity index (χ1n) is 17.1. The number of aromatic nitrogens is 2. The molecule has 0 aliphatic rings. The van der Waals surface area contributed by atoms with Gasteiger partial charge in [0.2, 0.25) is 0 Å². The minimum atomic E-state index is 0.482. The lowest BCUT2D eigenvalue weighted by molar-refractivity contribution is 0.112. The predicted molar refractivity (Wildman–Crippen MR) is 215 cm³/mol. The number of anilines is 1. The molecule has 0 atom stereocenters. The number of para-hydroxylation sites is 2. The lowest BCUT2D eigenvalue weighted by Gasteiger charge is -2.04. The summed E-state index contributed by atoms with van der Waals surface area (Å²) in [6.45, 7) is 4.42. The third kappa shape index (κ3) is 12.3. The summed E-state index contributed by atoms with van der Waals surface area (Å²) < 4.78 is 10.6. The average molecular weight is 719 g/mol. The van der Waals surface area contributed by atoms with Crippen molar-refractivity contribution in [3.63, 3.8) is 0 Å². The van der Waals surface area contributed by atoms with Crippen LogP contribution in [-0.4, -0.2) is 36.7 Å². The fourth-order valence-electron chi connectivity index (χ4n) is 4.97. The fourth-order valence-corrected chi connectivity index (χ4v) is 6.27. The van der Waals surface area contributed by atoms with Gasteiger partial charge in [0, 0.05) is 27.6 Å². The predicted octanol–water partition coefficient (Wildman–Crippen LogP) is 11.2. The number of rotatable bonds is 13. The van der Waals surface area contributed by atoms with E-state index in [1.54, 1.807) is 25.6 Å². The Kier molecular flexibility index (Phi) is 16.1. The topological polar surface area (TPSA) is 99.7 Å². The van der Waals surface area contributed by atoms with Crippen molar-refractivity contribution in [3.8, 4) is 34.0 Å². The molecule has 9 heteroatoms. The Morgan fingerprint density at radius 2 is 1.14 bits per heavy atom. The molecule has 2 aromatic heterocycles. The van der Waals surface area contributed by atoms with E-state index in [0.717, 1.165) is 63.1 Å². The second-order valence-corrected chi connectivity index (χ2v) is 13.3. The van der Waals surface area contributed by atoms with Gasteiger partial charge < -0.3 is 15.2 Å². The number of carbonyl (C=O) groups excluding carboxylic acids is 1. The molecule has 7 nitrogen and oxygen atoms in total. The van der Waals surface area contributed by atoms with E-state index in [1.165, 1.54) is 54.6 Å². The van der Waals surface area contributed by atoms with Gasteiger partial charge in [-0.25, -0.2) is 9.97 Å². The molecule has 2 N–H and O–H groups in total. The van der Waals surface area contributed by atoms with Gasteiger partial charge in [0.25, 0.3) is 0 Å². The van der Waals surface area contributed by atoms with Crippen LogP contribution < -0.4 is 15.2 Å². The van der Waals surface area contributed by atoms with Crippen LogP contribution in [-0.2, 0) is 12.8 Å². The molecule has 0 saturated carbocycles. The van der Waals surface area contributed by atoms with Crippen molar-refractivity contribution in [2.24, 2.45) is 4.99 Å². The molecule has 0 aliphatic heterocycles. The van der Waals surface area contributed by atoms with Crippen molar-refractivity contribution in [3.05, 3.63) is 129 Å². The van der Waals surface area contributed by atoms with Gasteiger partial charge in [-0.2, -0.15) is 0 Å². The number of nitrogens with two attached hydrogens (primary N) is 1. The van der Waals surface area contributed by atoms with Gasteiger partial charge in [-0.05, 0) is 85.3 Å². The molecular weight excluding hydrogens is 673 g/mol. The number of unbranched alkanes of at least 4 members (excludes halogenated alkanes) is 2. The van der Waals surface area contributed by atoms with E-state index >= 15 is 0 Å². The Morgan fingerprint density at radius 1 is 0.667 bits per heavy atom. The monoisotopic (exact) mass is 718 g/mol. The van der Waals surface area contributed by atoms with Crippen LogP contribution in [0.5, 0.6) is 11.5 Å². The number of hydrogen-bond acceptors (Lipinski definition) is 9. The molecule has 0 bridgehead atoms. The van der Waals surface area contributed by atoms with Crippen molar-refractivity contribution >= 4 is 46.5 Å². The number of carbonyl (C=O) groups is 1. The maximum atomic E-state index is 10.5. The number of hydrogen-bond donors (Lipinski definition) is 1. The summed E-state index contributed by atoms with van der Waals surface area (Å²) in [5, 5.41) is 5.25. The van der Waals surface area contributed by atoms with Crippen LogP contribution in [0.4, 0.5) is 11.4 Å². The van der Waals surface area contributed by atoms with Gasteiger partial charge in [-0.3, -0.25) is 9.79 Å². The highest BCUT2D eigenvalue weighted by Gasteiger charge is 2.09. The fraction of sp³-hybridized carbons (Fsp3) is 0.238. The number of benzene rings is 4. The molecule has 264 valence electrons. The Labute approximate surface area is 309 Å². The molecule has 4 aromatic carbocycles. The third-order valence-corrected chi connectivity index (χ3v) is 9.34. The molecule has 0 saturated heterocycles. The average Bonchev–Trinajstić information content (AvgIpc) is 3.87. The lowest BCUT2D eigenvalue weighted by Crippen LogP contribution is -1.88. The number of aliphatic imine (C=N–C) groups is 1. The molecule has 0 spiro atoms. The van der Waals surface area contributed by atoms with Gasteiger partial charge in [0.05, 0.1) is 37.5 Å². The third-order valence-electron chi connectivity index (χ3n) is 7.79. The van der Waals surface area contributed by atoms with E-state index in [1.807, 2.05) is 77.6 Å². The maximum Gasteiger partial charge on any atom is 0.178 e. The first-order chi connectivity index (χ1) is 25.0. The quantitative estimate of drug-likeness (QED) is 0.0725. The lowest BCUT2D eigenvalue weighted by atomic mass is 10.1. The smallest absolute Gasteiger partial charge is 0.178 e. The van der Waals surface area contributed by atoms with Crippen molar-refractivity contribution in [2.45, 2.75) is 52.4 Å². The first-order valence-corrected chi connectivity index (χ1v) is 18.8. The van der Waals surface area contributed by atoms with Crippen LogP contribution in [0, 0.1) is 0 Å². The molecule has 0 amide bonds. The normalized spacial score (nSPS) is 10.5. The van der Waals surface area contributed by atoms with Crippen LogP contribution in [0.15, 0.2) is 113 Å². The maximum absolute atomic E-state index is 10.5. The van der Waals surface area contributed by atoms with E-state index in [4.69, 9.17) is 15.2 Å². The minimum absolute atomic E-state index is 0.482. The molecule has 0 fully saturated rings. The van der Waals surface area contributed by atoms with Crippen LogP contribution >= 0.6 is 22.7 Å². The molecule has 2 heterocycles. The molecule has 0 unspecified atom stereocenters. The van der Waals surface area contributed by atoms with Crippen molar-refractivity contribution in [1.82, 2.24) is 9.97 Å². The summed E-state index contributed by atoms with van der Waals surface area (Å²) >= 11 is 2.91. The van der Waals surface area contributed by atoms with Gasteiger partial charge in [-0.1, -0.05) is 75.2 Å². The van der Waals surface area contributed by atoms with Crippen LogP contribution in [0.25, 0.3) is 22.5 Å². The second-order valence-electron chi connectivity index (χ2n) is 11.5. The highest BCUT2D eigenvalue weighted by atomic mass is 32.1. The zero-order valence-corrected chi connectivity index (χ0v) is 31.4. The first kappa shape index (κ1) is 38.7. The Morgan fingerprint density at radius 3 is 1.61 bits per heavy atom. The van der Waals surface area contributed by atoms with E-state index < -0.39 is 0 Å². The second kappa shape index (κ2) is 21.2. The Bertz CT molecular complexity index is 1930. The van der Waals surface area contributed by atoms with E-state index in [0.29, 0.717) is 5.01 Å². The highest BCUT2D eigenvalue weighted by molar-refractivity contribution is 7.12. The number of aryl methyl sites for hydroxylation is 2. The summed E-state index contributed by atoms with van der Waals surface area (Å²) in [5.74, 6) is 1.60. The SMILES string of the molecule is CCCCc1ccc(N)cc1.CCCCc1ccc(N=Cc2nc(-c3ccccc3OC)cs2)cc1.COc1ccccc1-c1csc(C=O)n1. The Balaban J connectivity index is 0.000000190.